The van der Waals surface area contributed by atoms with Crippen LogP contribution in [0.1, 0.15) is 50.5 Å². The topological polar surface area (TPSA) is 32.3 Å². The van der Waals surface area contributed by atoms with Gasteiger partial charge in [-0.1, -0.05) is 25.0 Å². The Morgan fingerprint density at radius 3 is 2.46 bits per heavy atom. The van der Waals surface area contributed by atoms with Crippen LogP contribution in [0.3, 0.4) is 0 Å². The molecule has 2 saturated heterocycles. The zero-order valence-electron chi connectivity index (χ0n) is 14.3. The number of likely N-dealkylation sites (tertiary alicyclic amines) is 1. The number of nitrogens with one attached hydrogen (secondary N) is 1. The van der Waals surface area contributed by atoms with Crippen molar-refractivity contribution in [2.45, 2.75) is 50.4 Å². The van der Waals surface area contributed by atoms with E-state index in [1.54, 1.807) is 12.1 Å². The third kappa shape index (κ3) is 2.65. The molecule has 3 aliphatic rings. The zero-order valence-corrected chi connectivity index (χ0v) is 14.3. The molecule has 1 spiro atoms. The van der Waals surface area contributed by atoms with Gasteiger partial charge in [-0.05, 0) is 61.8 Å². The van der Waals surface area contributed by atoms with Crippen LogP contribution in [0.2, 0.25) is 0 Å². The predicted molar refractivity (Wildman–Crippen MR) is 92.3 cm³/mol. The minimum Gasteiger partial charge on any atom is -0.342 e. The largest absolute Gasteiger partial charge is 0.342 e. The summed E-state index contributed by atoms with van der Waals surface area (Å²) in [5, 5.41) is 3.48. The summed E-state index contributed by atoms with van der Waals surface area (Å²) in [5.41, 5.74) is 0.812. The second-order valence-corrected chi connectivity index (χ2v) is 8.02. The van der Waals surface area contributed by atoms with E-state index in [0.717, 1.165) is 70.3 Å². The Morgan fingerprint density at radius 1 is 1.08 bits per heavy atom. The van der Waals surface area contributed by atoms with Gasteiger partial charge in [0, 0.05) is 19.6 Å². The maximum Gasteiger partial charge on any atom is 0.233 e. The first-order valence-electron chi connectivity index (χ1n) is 9.40. The Hall–Kier alpha value is -1.42. The number of carbonyl (C=O) groups excluding carboxylic acids is 1. The van der Waals surface area contributed by atoms with Crippen molar-refractivity contribution in [3.05, 3.63) is 35.6 Å². The van der Waals surface area contributed by atoms with Crippen molar-refractivity contribution >= 4 is 5.91 Å². The lowest BCUT2D eigenvalue weighted by atomic mass is 9.74. The van der Waals surface area contributed by atoms with Crippen LogP contribution in [0.4, 0.5) is 4.39 Å². The minimum atomic E-state index is -0.486. The van der Waals surface area contributed by atoms with Crippen molar-refractivity contribution in [2.75, 3.05) is 26.2 Å². The quantitative estimate of drug-likeness (QED) is 0.903. The molecule has 3 nitrogen and oxygen atoms in total. The highest BCUT2D eigenvalue weighted by atomic mass is 19.1. The average Bonchev–Trinajstić information content (AvgIpc) is 3.26. The standard InChI is InChI=1S/C20H27FN2O/c21-17-5-3-4-16(14-17)20(6-1-2-7-20)18(24)23-12-9-19(10-13-23)8-11-22-15-19/h3-5,14,22H,1-2,6-13,15H2. The van der Waals surface area contributed by atoms with Gasteiger partial charge in [-0.15, -0.1) is 0 Å². The first-order valence-corrected chi connectivity index (χ1v) is 9.40. The van der Waals surface area contributed by atoms with Gasteiger partial charge in [0.15, 0.2) is 0 Å². The molecule has 1 aromatic carbocycles. The summed E-state index contributed by atoms with van der Waals surface area (Å²) in [4.78, 5) is 15.5. The molecule has 0 aromatic heterocycles. The number of hydrogen-bond donors (Lipinski definition) is 1. The number of nitrogens with zero attached hydrogens (tertiary/aromatic N) is 1. The number of carbonyl (C=O) groups is 1. The summed E-state index contributed by atoms with van der Waals surface area (Å²) >= 11 is 0. The summed E-state index contributed by atoms with van der Waals surface area (Å²) < 4.78 is 13.8. The second kappa shape index (κ2) is 6.14. The van der Waals surface area contributed by atoms with E-state index in [4.69, 9.17) is 0 Å². The van der Waals surface area contributed by atoms with E-state index in [-0.39, 0.29) is 11.7 Å². The van der Waals surface area contributed by atoms with E-state index in [1.165, 1.54) is 12.5 Å². The lowest BCUT2D eigenvalue weighted by molar-refractivity contribution is -0.139. The highest BCUT2D eigenvalue weighted by Crippen LogP contribution is 2.44. The summed E-state index contributed by atoms with van der Waals surface area (Å²) in [6.45, 7) is 3.93. The Bertz CT molecular complexity index is 608. The van der Waals surface area contributed by atoms with E-state index < -0.39 is 5.41 Å². The van der Waals surface area contributed by atoms with Gasteiger partial charge in [0.25, 0.3) is 0 Å². The molecule has 1 N–H and O–H groups in total. The van der Waals surface area contributed by atoms with Crippen LogP contribution in [0.5, 0.6) is 0 Å². The lowest BCUT2D eigenvalue weighted by Crippen LogP contribution is -2.51. The molecule has 1 aromatic rings. The van der Waals surface area contributed by atoms with E-state index in [1.807, 2.05) is 6.07 Å². The fourth-order valence-corrected chi connectivity index (χ4v) is 5.10. The van der Waals surface area contributed by atoms with Gasteiger partial charge in [0.05, 0.1) is 5.41 Å². The van der Waals surface area contributed by atoms with Gasteiger partial charge < -0.3 is 10.2 Å². The molecule has 4 heteroatoms. The van der Waals surface area contributed by atoms with Crippen molar-refractivity contribution in [3.63, 3.8) is 0 Å². The Morgan fingerprint density at radius 2 is 1.83 bits per heavy atom. The fraction of sp³-hybridized carbons (Fsp3) is 0.650. The summed E-state index contributed by atoms with van der Waals surface area (Å²) in [7, 11) is 0. The van der Waals surface area contributed by atoms with Crippen LogP contribution in [0, 0.1) is 11.2 Å². The Balaban J connectivity index is 1.55. The maximum atomic E-state index is 13.8. The number of halogens is 1. The van der Waals surface area contributed by atoms with E-state index >= 15 is 0 Å². The number of benzene rings is 1. The number of hydrogen-bond acceptors (Lipinski definition) is 2. The average molecular weight is 330 g/mol. The molecule has 0 bridgehead atoms. The Labute approximate surface area is 143 Å². The molecule has 0 unspecified atom stereocenters. The molecular formula is C20H27FN2O. The lowest BCUT2D eigenvalue weighted by Gasteiger charge is -2.42. The van der Waals surface area contributed by atoms with Gasteiger partial charge in [-0.3, -0.25) is 4.79 Å². The fourth-order valence-electron chi connectivity index (χ4n) is 5.10. The summed E-state index contributed by atoms with van der Waals surface area (Å²) in [6.07, 6.45) is 7.28. The second-order valence-electron chi connectivity index (χ2n) is 8.02. The molecule has 1 amide bonds. The van der Waals surface area contributed by atoms with Crippen LogP contribution in [0.15, 0.2) is 24.3 Å². The third-order valence-corrected chi connectivity index (χ3v) is 6.69. The molecular weight excluding hydrogens is 303 g/mol. The van der Waals surface area contributed by atoms with Crippen LogP contribution in [0.25, 0.3) is 0 Å². The van der Waals surface area contributed by atoms with E-state index in [0.29, 0.717) is 5.41 Å². The smallest absolute Gasteiger partial charge is 0.233 e. The van der Waals surface area contributed by atoms with Gasteiger partial charge in [-0.25, -0.2) is 4.39 Å². The minimum absolute atomic E-state index is 0.235. The number of amides is 1. The molecule has 0 radical (unpaired) electrons. The summed E-state index contributed by atoms with van der Waals surface area (Å²) in [5.74, 6) is 0.00704. The third-order valence-electron chi connectivity index (χ3n) is 6.69. The predicted octanol–water partition coefficient (Wildman–Crippen LogP) is 3.24. The molecule has 4 rings (SSSR count). The highest BCUT2D eigenvalue weighted by Gasteiger charge is 2.47. The summed E-state index contributed by atoms with van der Waals surface area (Å²) in [6, 6.07) is 6.73. The SMILES string of the molecule is O=C(N1CCC2(CCNC2)CC1)C1(c2cccc(F)c2)CCCC1. The van der Waals surface area contributed by atoms with Crippen molar-refractivity contribution in [1.82, 2.24) is 10.2 Å². The van der Waals surface area contributed by atoms with Crippen molar-refractivity contribution in [1.29, 1.82) is 0 Å². The first-order chi connectivity index (χ1) is 11.6. The molecule has 1 aliphatic carbocycles. The molecule has 3 fully saturated rings. The van der Waals surface area contributed by atoms with E-state index in [2.05, 4.69) is 10.2 Å². The van der Waals surface area contributed by atoms with Gasteiger partial charge in [-0.2, -0.15) is 0 Å². The molecule has 2 heterocycles. The van der Waals surface area contributed by atoms with Crippen LogP contribution < -0.4 is 5.32 Å². The van der Waals surface area contributed by atoms with E-state index in [9.17, 15) is 9.18 Å². The van der Waals surface area contributed by atoms with Gasteiger partial charge >= 0.3 is 0 Å². The number of piperidine rings is 1. The maximum absolute atomic E-state index is 13.8. The van der Waals surface area contributed by atoms with Crippen molar-refractivity contribution in [3.8, 4) is 0 Å². The van der Waals surface area contributed by atoms with Crippen LogP contribution >= 0.6 is 0 Å². The zero-order chi connectivity index (χ0) is 16.6. The monoisotopic (exact) mass is 330 g/mol. The van der Waals surface area contributed by atoms with Crippen molar-refractivity contribution in [2.24, 2.45) is 5.41 Å². The number of rotatable bonds is 2. The van der Waals surface area contributed by atoms with Crippen molar-refractivity contribution < 1.29 is 9.18 Å². The van der Waals surface area contributed by atoms with Crippen LogP contribution in [-0.4, -0.2) is 37.0 Å². The van der Waals surface area contributed by atoms with Crippen LogP contribution in [-0.2, 0) is 10.2 Å². The molecule has 1 saturated carbocycles. The highest BCUT2D eigenvalue weighted by molar-refractivity contribution is 5.88. The van der Waals surface area contributed by atoms with Gasteiger partial charge in [0.2, 0.25) is 5.91 Å². The molecule has 130 valence electrons. The normalized spacial score (nSPS) is 25.3. The molecule has 2 aliphatic heterocycles. The Kier molecular flexibility index (Phi) is 4.11. The molecule has 24 heavy (non-hydrogen) atoms. The molecule has 0 atom stereocenters. The van der Waals surface area contributed by atoms with Gasteiger partial charge in [0.1, 0.15) is 5.82 Å². The first kappa shape index (κ1) is 16.1.